The van der Waals surface area contributed by atoms with Crippen LogP contribution in [0.2, 0.25) is 0 Å². The molecule has 4 rings (SSSR count). The summed E-state index contributed by atoms with van der Waals surface area (Å²) >= 11 is 0. The fraction of sp³-hybridized carbons (Fsp3) is 0.708. The summed E-state index contributed by atoms with van der Waals surface area (Å²) in [6.45, 7) is 6.28. The molecule has 0 aromatic heterocycles. The van der Waals surface area contributed by atoms with Crippen molar-refractivity contribution in [1.29, 1.82) is 0 Å². The third-order valence-corrected chi connectivity index (χ3v) is 8.69. The number of hydrogen-bond donors (Lipinski definition) is 1. The smallest absolute Gasteiger partial charge is 0.328 e. The second-order valence-corrected chi connectivity index (χ2v) is 10.00. The molecule has 0 saturated heterocycles. The zero-order valence-corrected chi connectivity index (χ0v) is 18.0. The van der Waals surface area contributed by atoms with Crippen LogP contribution in [0.15, 0.2) is 23.3 Å². The first-order chi connectivity index (χ1) is 13.7. The number of carbonyl (C=O) groups excluding carboxylic acids is 3. The highest BCUT2D eigenvalue weighted by Crippen LogP contribution is 2.65. The molecule has 158 valence electrons. The standard InChI is InChI=1S/C24H33NO4/c1-14(22(28)29-4)25-21(27)20-8-7-18-17-6-5-15-13-16(26)9-11-23(15,2)19(17)10-12-24(18,20)3/h8,13-14,17-19H,5-7,9-12H2,1-4H3,(H,25,27)/t14?,17-,18-,19-,23-,24-/m0/s1. The van der Waals surface area contributed by atoms with Crippen LogP contribution in [-0.4, -0.2) is 30.8 Å². The molecule has 6 atom stereocenters. The molecule has 29 heavy (non-hydrogen) atoms. The van der Waals surface area contributed by atoms with Crippen LogP contribution in [0.3, 0.4) is 0 Å². The molecule has 1 unspecified atom stereocenters. The first-order valence-corrected chi connectivity index (χ1v) is 11.0. The van der Waals surface area contributed by atoms with Gasteiger partial charge >= 0.3 is 5.97 Å². The van der Waals surface area contributed by atoms with Crippen LogP contribution < -0.4 is 5.32 Å². The molecule has 0 aromatic carbocycles. The van der Waals surface area contributed by atoms with E-state index in [4.69, 9.17) is 4.74 Å². The van der Waals surface area contributed by atoms with E-state index >= 15 is 0 Å². The van der Waals surface area contributed by atoms with Crippen LogP contribution >= 0.6 is 0 Å². The minimum Gasteiger partial charge on any atom is -0.467 e. The maximum atomic E-state index is 13.0. The van der Waals surface area contributed by atoms with Gasteiger partial charge in [0, 0.05) is 17.4 Å². The monoisotopic (exact) mass is 399 g/mol. The number of allylic oxidation sites excluding steroid dienone is 3. The van der Waals surface area contributed by atoms with Gasteiger partial charge in [0.05, 0.1) is 7.11 Å². The highest BCUT2D eigenvalue weighted by molar-refractivity contribution is 5.97. The maximum absolute atomic E-state index is 13.0. The molecule has 4 aliphatic rings. The molecule has 5 heteroatoms. The van der Waals surface area contributed by atoms with Gasteiger partial charge < -0.3 is 10.1 Å². The van der Waals surface area contributed by atoms with Crippen molar-refractivity contribution in [3.8, 4) is 0 Å². The first-order valence-electron chi connectivity index (χ1n) is 11.0. The number of hydrogen-bond acceptors (Lipinski definition) is 4. The average Bonchev–Trinajstić information content (AvgIpc) is 3.05. The minimum atomic E-state index is -0.645. The van der Waals surface area contributed by atoms with Crippen LogP contribution in [0.4, 0.5) is 0 Å². The lowest BCUT2D eigenvalue weighted by Crippen LogP contribution is -2.51. The predicted octanol–water partition coefficient (Wildman–Crippen LogP) is 3.73. The summed E-state index contributed by atoms with van der Waals surface area (Å²) in [4.78, 5) is 36.7. The van der Waals surface area contributed by atoms with Gasteiger partial charge in [0.25, 0.3) is 0 Å². The molecular formula is C24H33NO4. The Bertz CT molecular complexity index is 812. The van der Waals surface area contributed by atoms with E-state index in [1.165, 1.54) is 12.7 Å². The van der Waals surface area contributed by atoms with E-state index < -0.39 is 12.0 Å². The van der Waals surface area contributed by atoms with Gasteiger partial charge in [-0.25, -0.2) is 4.79 Å². The number of nitrogens with one attached hydrogen (secondary N) is 1. The zero-order chi connectivity index (χ0) is 21.0. The SMILES string of the molecule is COC(=O)C(C)NC(=O)C1=CC[C@H]2[C@@H]3CCC4=CC(=O)CC[C@]4(C)[C@H]3CC[C@]12C. The number of carbonyl (C=O) groups is 3. The Kier molecular flexibility index (Phi) is 4.99. The Labute approximate surface area is 173 Å². The summed E-state index contributed by atoms with van der Waals surface area (Å²) in [5, 5.41) is 2.83. The van der Waals surface area contributed by atoms with Gasteiger partial charge in [-0.05, 0) is 74.7 Å². The molecule has 0 aliphatic heterocycles. The molecule has 1 amide bonds. The second kappa shape index (κ2) is 7.10. The molecule has 5 nitrogen and oxygen atoms in total. The molecule has 0 heterocycles. The van der Waals surface area contributed by atoms with E-state index in [-0.39, 0.29) is 22.5 Å². The van der Waals surface area contributed by atoms with Gasteiger partial charge in [-0.15, -0.1) is 0 Å². The quantitative estimate of drug-likeness (QED) is 0.734. The van der Waals surface area contributed by atoms with Gasteiger partial charge in [0.1, 0.15) is 6.04 Å². The van der Waals surface area contributed by atoms with Crippen molar-refractivity contribution in [1.82, 2.24) is 5.32 Å². The molecule has 2 fully saturated rings. The molecular weight excluding hydrogens is 366 g/mol. The van der Waals surface area contributed by atoms with Gasteiger partial charge in [-0.1, -0.05) is 25.5 Å². The van der Waals surface area contributed by atoms with Crippen molar-refractivity contribution >= 4 is 17.7 Å². The molecule has 0 bridgehead atoms. The third-order valence-electron chi connectivity index (χ3n) is 8.69. The van der Waals surface area contributed by atoms with E-state index in [1.807, 2.05) is 6.08 Å². The Balaban J connectivity index is 1.54. The normalized spacial score (nSPS) is 39.3. The molecule has 0 spiro atoms. The lowest BCUT2D eigenvalue weighted by atomic mass is 9.47. The minimum absolute atomic E-state index is 0.128. The number of esters is 1. The Morgan fingerprint density at radius 3 is 2.62 bits per heavy atom. The lowest BCUT2D eigenvalue weighted by Gasteiger charge is -2.57. The summed E-state index contributed by atoms with van der Waals surface area (Å²) in [5.74, 6) is 1.39. The van der Waals surface area contributed by atoms with Crippen molar-refractivity contribution in [2.45, 2.75) is 71.8 Å². The Hall–Kier alpha value is -1.91. The van der Waals surface area contributed by atoms with E-state index in [1.54, 1.807) is 6.92 Å². The van der Waals surface area contributed by atoms with Crippen LogP contribution in [0.25, 0.3) is 0 Å². The topological polar surface area (TPSA) is 72.5 Å². The van der Waals surface area contributed by atoms with E-state index in [2.05, 4.69) is 25.2 Å². The maximum Gasteiger partial charge on any atom is 0.328 e. The lowest BCUT2D eigenvalue weighted by molar-refractivity contribution is -0.144. The van der Waals surface area contributed by atoms with Crippen LogP contribution in [0.1, 0.15) is 65.7 Å². The summed E-state index contributed by atoms with van der Waals surface area (Å²) < 4.78 is 4.74. The molecule has 2 saturated carbocycles. The number of methoxy groups -OCH3 is 1. The van der Waals surface area contributed by atoms with E-state index in [9.17, 15) is 14.4 Å². The summed E-state index contributed by atoms with van der Waals surface area (Å²) in [6.07, 6.45) is 10.8. The highest BCUT2D eigenvalue weighted by Gasteiger charge is 2.57. The van der Waals surface area contributed by atoms with Crippen molar-refractivity contribution in [2.75, 3.05) is 7.11 Å². The van der Waals surface area contributed by atoms with E-state index in [0.29, 0.717) is 24.2 Å². The second-order valence-electron chi connectivity index (χ2n) is 10.00. The van der Waals surface area contributed by atoms with Crippen molar-refractivity contribution in [3.63, 3.8) is 0 Å². The number of amides is 1. The van der Waals surface area contributed by atoms with E-state index in [0.717, 1.165) is 44.1 Å². The fourth-order valence-corrected chi connectivity index (χ4v) is 6.99. The van der Waals surface area contributed by atoms with Crippen LogP contribution in [0.5, 0.6) is 0 Å². The Morgan fingerprint density at radius 2 is 1.90 bits per heavy atom. The first kappa shape index (κ1) is 20.4. The number of ether oxygens (including phenoxy) is 1. The molecule has 0 radical (unpaired) electrons. The molecule has 0 aromatic rings. The zero-order valence-electron chi connectivity index (χ0n) is 18.0. The van der Waals surface area contributed by atoms with Gasteiger partial charge in [0.2, 0.25) is 5.91 Å². The molecule has 1 N–H and O–H groups in total. The fourth-order valence-electron chi connectivity index (χ4n) is 6.99. The largest absolute Gasteiger partial charge is 0.467 e. The number of ketones is 1. The number of rotatable bonds is 3. The predicted molar refractivity (Wildman–Crippen MR) is 110 cm³/mol. The summed E-state index contributed by atoms with van der Waals surface area (Å²) in [7, 11) is 1.34. The molecule has 4 aliphatic carbocycles. The van der Waals surface area contributed by atoms with Crippen molar-refractivity contribution in [3.05, 3.63) is 23.3 Å². The number of fused-ring (bicyclic) bond motifs is 5. The van der Waals surface area contributed by atoms with Crippen molar-refractivity contribution < 1.29 is 19.1 Å². The van der Waals surface area contributed by atoms with Crippen LogP contribution in [0, 0.1) is 28.6 Å². The van der Waals surface area contributed by atoms with Gasteiger partial charge in [-0.3, -0.25) is 9.59 Å². The van der Waals surface area contributed by atoms with Gasteiger partial charge in [0.15, 0.2) is 5.78 Å². The third kappa shape index (κ3) is 3.08. The van der Waals surface area contributed by atoms with Gasteiger partial charge in [-0.2, -0.15) is 0 Å². The Morgan fingerprint density at radius 1 is 1.14 bits per heavy atom. The highest BCUT2D eigenvalue weighted by atomic mass is 16.5. The van der Waals surface area contributed by atoms with Crippen LogP contribution in [-0.2, 0) is 19.1 Å². The summed E-state index contributed by atoms with van der Waals surface area (Å²) in [6, 6.07) is -0.645. The summed E-state index contributed by atoms with van der Waals surface area (Å²) in [5.41, 5.74) is 2.22. The average molecular weight is 400 g/mol. The van der Waals surface area contributed by atoms with Crippen molar-refractivity contribution in [2.24, 2.45) is 28.6 Å².